The van der Waals surface area contributed by atoms with Gasteiger partial charge in [0.05, 0.1) is 0 Å². The summed E-state index contributed by atoms with van der Waals surface area (Å²) in [6.45, 7) is 0. The largest absolute Gasteiger partial charge is 0.478 e. The molecule has 0 atom stereocenters. The predicted molar refractivity (Wildman–Crippen MR) is 51.3 cm³/mol. The first-order valence-electron chi connectivity index (χ1n) is 3.70. The van der Waals surface area contributed by atoms with E-state index in [-0.39, 0.29) is 0 Å². The molecule has 0 bridgehead atoms. The SMILES string of the molecule is CO.O=C(O)C=Cc1ccccc1. The molecule has 0 spiro atoms. The van der Waals surface area contributed by atoms with Crippen molar-refractivity contribution in [2.75, 3.05) is 7.11 Å². The van der Waals surface area contributed by atoms with Crippen molar-refractivity contribution in [1.29, 1.82) is 0 Å². The van der Waals surface area contributed by atoms with Gasteiger partial charge in [-0.25, -0.2) is 4.79 Å². The molecule has 0 amide bonds. The molecule has 3 nitrogen and oxygen atoms in total. The van der Waals surface area contributed by atoms with Crippen LogP contribution in [0.25, 0.3) is 6.08 Å². The molecule has 0 heterocycles. The molecule has 2 N–H and O–H groups in total. The molecule has 1 aromatic rings. The Morgan fingerprint density at radius 1 is 1.23 bits per heavy atom. The molecule has 0 aliphatic rings. The number of benzene rings is 1. The van der Waals surface area contributed by atoms with Crippen LogP contribution in [0.15, 0.2) is 36.4 Å². The highest BCUT2D eigenvalue weighted by molar-refractivity contribution is 5.85. The lowest BCUT2D eigenvalue weighted by Gasteiger charge is -1.87. The van der Waals surface area contributed by atoms with E-state index in [9.17, 15) is 4.79 Å². The Hall–Kier alpha value is -1.61. The van der Waals surface area contributed by atoms with E-state index >= 15 is 0 Å². The first kappa shape index (κ1) is 11.4. The molecular formula is C10H12O3. The highest BCUT2D eigenvalue weighted by Crippen LogP contribution is 1.99. The van der Waals surface area contributed by atoms with Crippen molar-refractivity contribution in [3.8, 4) is 0 Å². The van der Waals surface area contributed by atoms with Crippen molar-refractivity contribution in [2.45, 2.75) is 0 Å². The number of carbonyl (C=O) groups is 1. The Kier molecular flexibility index (Phi) is 6.19. The monoisotopic (exact) mass is 180 g/mol. The van der Waals surface area contributed by atoms with E-state index < -0.39 is 5.97 Å². The Balaban J connectivity index is 0.000000671. The smallest absolute Gasteiger partial charge is 0.328 e. The number of rotatable bonds is 2. The average Bonchev–Trinajstić information content (AvgIpc) is 2.19. The molecule has 0 unspecified atom stereocenters. The van der Waals surface area contributed by atoms with Crippen molar-refractivity contribution < 1.29 is 15.0 Å². The van der Waals surface area contributed by atoms with Crippen LogP contribution in [0.4, 0.5) is 0 Å². The summed E-state index contributed by atoms with van der Waals surface area (Å²) in [7, 11) is 1.00. The van der Waals surface area contributed by atoms with Gasteiger partial charge < -0.3 is 10.2 Å². The van der Waals surface area contributed by atoms with Crippen LogP contribution >= 0.6 is 0 Å². The minimum absolute atomic E-state index is 0.898. The lowest BCUT2D eigenvalue weighted by Crippen LogP contribution is -1.85. The van der Waals surface area contributed by atoms with Gasteiger partial charge in [-0.15, -0.1) is 0 Å². The lowest BCUT2D eigenvalue weighted by atomic mass is 10.2. The molecule has 0 fully saturated rings. The standard InChI is InChI=1S/C9H8O2.CH4O/c10-9(11)7-6-8-4-2-1-3-5-8;1-2/h1-7H,(H,10,11);2H,1H3. The molecule has 3 heteroatoms. The fourth-order valence-corrected chi connectivity index (χ4v) is 0.732. The molecule has 1 aromatic carbocycles. The van der Waals surface area contributed by atoms with Crippen LogP contribution in [0.2, 0.25) is 0 Å². The van der Waals surface area contributed by atoms with Crippen LogP contribution in [0.1, 0.15) is 5.56 Å². The molecule has 0 saturated carbocycles. The van der Waals surface area contributed by atoms with E-state index in [0.29, 0.717) is 0 Å². The van der Waals surface area contributed by atoms with Crippen molar-refractivity contribution in [1.82, 2.24) is 0 Å². The molecule has 0 aliphatic carbocycles. The zero-order valence-corrected chi connectivity index (χ0v) is 7.34. The van der Waals surface area contributed by atoms with E-state index in [4.69, 9.17) is 10.2 Å². The van der Waals surface area contributed by atoms with E-state index in [2.05, 4.69) is 0 Å². The molecule has 0 aliphatic heterocycles. The van der Waals surface area contributed by atoms with Crippen molar-refractivity contribution in [3.63, 3.8) is 0 Å². The third kappa shape index (κ3) is 5.64. The van der Waals surface area contributed by atoms with E-state index in [1.807, 2.05) is 30.3 Å². The van der Waals surface area contributed by atoms with Gasteiger partial charge in [0.1, 0.15) is 0 Å². The second kappa shape index (κ2) is 7.06. The summed E-state index contributed by atoms with van der Waals surface area (Å²) < 4.78 is 0. The Labute approximate surface area is 77.0 Å². The molecule has 0 radical (unpaired) electrons. The third-order valence-electron chi connectivity index (χ3n) is 1.22. The second-order valence-corrected chi connectivity index (χ2v) is 2.08. The van der Waals surface area contributed by atoms with Crippen molar-refractivity contribution >= 4 is 12.0 Å². The van der Waals surface area contributed by atoms with E-state index in [1.54, 1.807) is 6.08 Å². The summed E-state index contributed by atoms with van der Waals surface area (Å²) in [5.74, 6) is -0.922. The summed E-state index contributed by atoms with van der Waals surface area (Å²) in [4.78, 5) is 10.1. The van der Waals surface area contributed by atoms with Gasteiger partial charge in [0.2, 0.25) is 0 Å². The Morgan fingerprint density at radius 2 is 1.77 bits per heavy atom. The first-order chi connectivity index (χ1) is 6.29. The molecule has 0 aromatic heterocycles. The number of carboxylic acids is 1. The van der Waals surface area contributed by atoms with Crippen LogP contribution in [0.3, 0.4) is 0 Å². The van der Waals surface area contributed by atoms with Gasteiger partial charge in [-0.2, -0.15) is 0 Å². The molecule has 70 valence electrons. The third-order valence-corrected chi connectivity index (χ3v) is 1.22. The Bertz CT molecular complexity index is 265. The van der Waals surface area contributed by atoms with Crippen LogP contribution in [-0.2, 0) is 4.79 Å². The van der Waals surface area contributed by atoms with E-state index in [1.165, 1.54) is 0 Å². The van der Waals surface area contributed by atoms with Crippen molar-refractivity contribution in [3.05, 3.63) is 42.0 Å². The van der Waals surface area contributed by atoms with Crippen LogP contribution in [-0.4, -0.2) is 23.3 Å². The number of aliphatic hydroxyl groups excluding tert-OH is 1. The minimum atomic E-state index is -0.922. The van der Waals surface area contributed by atoms with E-state index in [0.717, 1.165) is 18.7 Å². The summed E-state index contributed by atoms with van der Waals surface area (Å²) in [5.41, 5.74) is 0.898. The zero-order valence-electron chi connectivity index (χ0n) is 7.34. The highest BCUT2D eigenvalue weighted by Gasteiger charge is 1.85. The van der Waals surface area contributed by atoms with Gasteiger partial charge in [0.25, 0.3) is 0 Å². The van der Waals surface area contributed by atoms with Gasteiger partial charge >= 0.3 is 5.97 Å². The van der Waals surface area contributed by atoms with Gasteiger partial charge in [0, 0.05) is 13.2 Å². The topological polar surface area (TPSA) is 57.5 Å². The number of aliphatic hydroxyl groups is 1. The fourth-order valence-electron chi connectivity index (χ4n) is 0.732. The summed E-state index contributed by atoms with van der Waals surface area (Å²) in [6.07, 6.45) is 2.68. The number of carboxylic acid groups (broad SMARTS) is 1. The second-order valence-electron chi connectivity index (χ2n) is 2.08. The number of hydrogen-bond donors (Lipinski definition) is 2. The van der Waals surface area contributed by atoms with Crippen LogP contribution in [0, 0.1) is 0 Å². The Morgan fingerprint density at radius 3 is 2.23 bits per heavy atom. The fraction of sp³-hybridized carbons (Fsp3) is 0.100. The quantitative estimate of drug-likeness (QED) is 0.676. The van der Waals surface area contributed by atoms with Gasteiger partial charge in [-0.3, -0.25) is 0 Å². The molecule has 0 saturated heterocycles. The van der Waals surface area contributed by atoms with Crippen LogP contribution < -0.4 is 0 Å². The molecular weight excluding hydrogens is 168 g/mol. The highest BCUT2D eigenvalue weighted by atomic mass is 16.4. The molecule has 1 rings (SSSR count). The predicted octanol–water partition coefficient (Wildman–Crippen LogP) is 1.39. The average molecular weight is 180 g/mol. The number of aliphatic carboxylic acids is 1. The van der Waals surface area contributed by atoms with Crippen molar-refractivity contribution in [2.24, 2.45) is 0 Å². The number of hydrogen-bond acceptors (Lipinski definition) is 2. The maximum absolute atomic E-state index is 10.1. The summed E-state index contributed by atoms with van der Waals surface area (Å²) >= 11 is 0. The maximum atomic E-state index is 10.1. The summed E-state index contributed by atoms with van der Waals surface area (Å²) in [6, 6.07) is 9.31. The van der Waals surface area contributed by atoms with Gasteiger partial charge in [-0.1, -0.05) is 30.3 Å². The zero-order chi connectivity index (χ0) is 10.1. The first-order valence-corrected chi connectivity index (χ1v) is 3.70. The minimum Gasteiger partial charge on any atom is -0.478 e. The van der Waals surface area contributed by atoms with Gasteiger partial charge in [0.15, 0.2) is 0 Å². The van der Waals surface area contributed by atoms with Gasteiger partial charge in [-0.05, 0) is 11.6 Å². The maximum Gasteiger partial charge on any atom is 0.328 e. The van der Waals surface area contributed by atoms with Crippen LogP contribution in [0.5, 0.6) is 0 Å². The molecule has 13 heavy (non-hydrogen) atoms. The normalized spacial score (nSPS) is 9.08. The summed E-state index contributed by atoms with van der Waals surface area (Å²) in [5, 5.41) is 15.3. The lowest BCUT2D eigenvalue weighted by molar-refractivity contribution is -0.131.